The molecule has 0 spiro atoms. The Morgan fingerprint density at radius 1 is 1.13 bits per heavy atom. The molecule has 1 aliphatic rings. The zero-order valence-corrected chi connectivity index (χ0v) is 9.08. The zero-order chi connectivity index (χ0) is 11.6. The summed E-state index contributed by atoms with van der Waals surface area (Å²) in [5, 5.41) is 37.7. The third-order valence-electron chi connectivity index (χ3n) is 3.13. The first-order valence-corrected chi connectivity index (χ1v) is 5.33. The van der Waals surface area contributed by atoms with Crippen molar-refractivity contribution in [1.82, 2.24) is 0 Å². The summed E-state index contributed by atoms with van der Waals surface area (Å²) in [5.74, 6) is 0.0659. The molecular weight excluding hydrogens is 200 g/mol. The van der Waals surface area contributed by atoms with E-state index < -0.39 is 30.5 Å². The first-order valence-electron chi connectivity index (χ1n) is 5.33. The Hall–Kier alpha value is -0.200. The van der Waals surface area contributed by atoms with Crippen LogP contribution < -0.4 is 0 Å². The minimum absolute atomic E-state index is 0.0659. The molecule has 15 heavy (non-hydrogen) atoms. The average molecular weight is 220 g/mol. The van der Waals surface area contributed by atoms with E-state index in [2.05, 4.69) is 0 Å². The highest BCUT2D eigenvalue weighted by Crippen LogP contribution is 2.27. The number of hydrogen-bond donors (Lipinski definition) is 4. The quantitative estimate of drug-likeness (QED) is 0.483. The third-order valence-corrected chi connectivity index (χ3v) is 3.13. The van der Waals surface area contributed by atoms with Crippen molar-refractivity contribution < 1.29 is 25.2 Å². The van der Waals surface area contributed by atoms with E-state index in [1.807, 2.05) is 13.8 Å². The van der Waals surface area contributed by atoms with Crippen LogP contribution in [-0.4, -0.2) is 57.6 Å². The van der Waals surface area contributed by atoms with Gasteiger partial charge in [0.15, 0.2) is 0 Å². The molecule has 1 heterocycles. The van der Waals surface area contributed by atoms with Gasteiger partial charge in [-0.1, -0.05) is 20.3 Å². The highest BCUT2D eigenvalue weighted by atomic mass is 16.5. The summed E-state index contributed by atoms with van der Waals surface area (Å²) in [5.41, 5.74) is 0. The van der Waals surface area contributed by atoms with Crippen molar-refractivity contribution in [2.45, 2.75) is 50.8 Å². The molecule has 0 saturated carbocycles. The zero-order valence-electron chi connectivity index (χ0n) is 9.08. The summed E-state index contributed by atoms with van der Waals surface area (Å²) in [6.45, 7) is 3.48. The van der Waals surface area contributed by atoms with Crippen molar-refractivity contribution in [3.05, 3.63) is 0 Å². The smallest absolute Gasteiger partial charge is 0.111 e. The van der Waals surface area contributed by atoms with Crippen molar-refractivity contribution >= 4 is 0 Å². The minimum atomic E-state index is -1.25. The Kier molecular flexibility index (Phi) is 4.48. The van der Waals surface area contributed by atoms with Gasteiger partial charge in [-0.3, -0.25) is 0 Å². The molecular formula is C10H20O5. The van der Waals surface area contributed by atoms with Crippen molar-refractivity contribution in [1.29, 1.82) is 0 Å². The normalized spacial score (nSPS) is 44.0. The van der Waals surface area contributed by atoms with Gasteiger partial charge in [0, 0.05) is 0 Å². The molecule has 0 amide bonds. The van der Waals surface area contributed by atoms with E-state index in [4.69, 9.17) is 9.84 Å². The fraction of sp³-hybridized carbons (Fsp3) is 1.00. The van der Waals surface area contributed by atoms with Gasteiger partial charge in [-0.25, -0.2) is 0 Å². The lowest BCUT2D eigenvalue weighted by atomic mass is 9.87. The van der Waals surface area contributed by atoms with Crippen LogP contribution in [0.2, 0.25) is 0 Å². The van der Waals surface area contributed by atoms with Crippen LogP contribution in [0.4, 0.5) is 0 Å². The van der Waals surface area contributed by atoms with E-state index >= 15 is 0 Å². The molecule has 0 aromatic carbocycles. The first-order chi connectivity index (χ1) is 7.02. The molecule has 90 valence electrons. The predicted octanol–water partition coefficient (Wildman–Crippen LogP) is -1.13. The second-order valence-corrected chi connectivity index (χ2v) is 4.18. The molecule has 3 unspecified atom stereocenters. The minimum Gasteiger partial charge on any atom is -0.394 e. The van der Waals surface area contributed by atoms with Crippen LogP contribution in [0.25, 0.3) is 0 Å². The molecule has 5 nitrogen and oxygen atoms in total. The molecule has 0 aliphatic carbocycles. The Morgan fingerprint density at radius 2 is 1.73 bits per heavy atom. The van der Waals surface area contributed by atoms with Gasteiger partial charge < -0.3 is 25.2 Å². The molecule has 4 N–H and O–H groups in total. The fourth-order valence-corrected chi connectivity index (χ4v) is 1.83. The molecule has 1 rings (SSSR count). The van der Waals surface area contributed by atoms with E-state index in [0.29, 0.717) is 0 Å². The molecule has 1 fully saturated rings. The topological polar surface area (TPSA) is 90.2 Å². The number of rotatable bonds is 3. The third kappa shape index (κ3) is 2.49. The van der Waals surface area contributed by atoms with Gasteiger partial charge in [0.1, 0.15) is 24.4 Å². The standard InChI is InChI=1S/C10H20O5/c1-3-5(2)10-9(14)8(13)7(12)6(4-11)15-10/h5-14H,3-4H2,1-2H3/t5-,6?,7+,8?,9?,10+/m1/s1. The van der Waals surface area contributed by atoms with E-state index in [1.54, 1.807) is 0 Å². The summed E-state index contributed by atoms with van der Waals surface area (Å²) in [7, 11) is 0. The highest BCUT2D eigenvalue weighted by molar-refractivity contribution is 4.93. The van der Waals surface area contributed by atoms with Crippen LogP contribution in [0, 0.1) is 5.92 Å². The van der Waals surface area contributed by atoms with Crippen molar-refractivity contribution in [3.8, 4) is 0 Å². The van der Waals surface area contributed by atoms with Crippen molar-refractivity contribution in [2.75, 3.05) is 6.61 Å². The van der Waals surface area contributed by atoms with Crippen LogP contribution in [-0.2, 0) is 4.74 Å². The summed E-state index contributed by atoms with van der Waals surface area (Å²) in [6.07, 6.45) is -4.14. The second-order valence-electron chi connectivity index (χ2n) is 4.18. The van der Waals surface area contributed by atoms with Crippen molar-refractivity contribution in [2.24, 2.45) is 5.92 Å². The van der Waals surface area contributed by atoms with Gasteiger partial charge in [0.2, 0.25) is 0 Å². The largest absolute Gasteiger partial charge is 0.394 e. The van der Waals surface area contributed by atoms with Crippen LogP contribution in [0.1, 0.15) is 20.3 Å². The molecule has 1 saturated heterocycles. The second kappa shape index (κ2) is 5.23. The van der Waals surface area contributed by atoms with Gasteiger partial charge >= 0.3 is 0 Å². The van der Waals surface area contributed by atoms with Crippen LogP contribution in [0.3, 0.4) is 0 Å². The van der Waals surface area contributed by atoms with Gasteiger partial charge in [0.05, 0.1) is 12.7 Å². The van der Waals surface area contributed by atoms with Crippen LogP contribution in [0.5, 0.6) is 0 Å². The first kappa shape index (κ1) is 12.9. The van der Waals surface area contributed by atoms with Gasteiger partial charge in [-0.15, -0.1) is 0 Å². The lowest BCUT2D eigenvalue weighted by Gasteiger charge is -2.42. The molecule has 0 aromatic heterocycles. The van der Waals surface area contributed by atoms with Gasteiger partial charge in [-0.05, 0) is 5.92 Å². The maximum absolute atomic E-state index is 9.71. The van der Waals surface area contributed by atoms with E-state index in [9.17, 15) is 15.3 Å². The maximum atomic E-state index is 9.71. The summed E-state index contributed by atoms with van der Waals surface area (Å²) < 4.78 is 5.37. The van der Waals surface area contributed by atoms with Gasteiger partial charge in [-0.2, -0.15) is 0 Å². The lowest BCUT2D eigenvalue weighted by molar-refractivity contribution is -0.239. The van der Waals surface area contributed by atoms with Crippen molar-refractivity contribution in [3.63, 3.8) is 0 Å². The Morgan fingerprint density at radius 3 is 2.20 bits per heavy atom. The maximum Gasteiger partial charge on any atom is 0.111 e. The summed E-state index contributed by atoms with van der Waals surface area (Å²) in [4.78, 5) is 0. The SMILES string of the molecule is CC[C@@H](C)[C@@H]1OC(CO)[C@H](O)C(O)C1O. The van der Waals surface area contributed by atoms with E-state index in [-0.39, 0.29) is 12.5 Å². The highest BCUT2D eigenvalue weighted by Gasteiger charge is 2.44. The molecule has 1 aliphatic heterocycles. The van der Waals surface area contributed by atoms with E-state index in [0.717, 1.165) is 6.42 Å². The Balaban J connectivity index is 2.74. The number of aliphatic hydroxyl groups is 4. The molecule has 5 heteroatoms. The molecule has 0 aromatic rings. The van der Waals surface area contributed by atoms with E-state index in [1.165, 1.54) is 0 Å². The average Bonchev–Trinajstić information content (AvgIpc) is 2.25. The van der Waals surface area contributed by atoms with Crippen LogP contribution >= 0.6 is 0 Å². The summed E-state index contributed by atoms with van der Waals surface area (Å²) in [6, 6.07) is 0. The molecule has 0 bridgehead atoms. The fourth-order valence-electron chi connectivity index (χ4n) is 1.83. The Labute approximate surface area is 89.3 Å². The predicted molar refractivity (Wildman–Crippen MR) is 53.2 cm³/mol. The molecule has 0 radical (unpaired) electrons. The van der Waals surface area contributed by atoms with Crippen LogP contribution in [0.15, 0.2) is 0 Å². The monoisotopic (exact) mass is 220 g/mol. The number of hydrogen-bond acceptors (Lipinski definition) is 5. The lowest BCUT2D eigenvalue weighted by Crippen LogP contribution is -2.59. The number of aliphatic hydroxyl groups excluding tert-OH is 4. The van der Waals surface area contributed by atoms with Gasteiger partial charge in [0.25, 0.3) is 0 Å². The summed E-state index contributed by atoms with van der Waals surface area (Å²) >= 11 is 0. The molecule has 6 atom stereocenters. The Bertz CT molecular complexity index is 196. The number of ether oxygens (including phenoxy) is 1.